The molecule has 0 aromatic heterocycles. The number of aliphatic hydroxyl groups excluding tert-OH is 1. The monoisotopic (exact) mass is 283 g/mol. The third-order valence-electron chi connectivity index (χ3n) is 3.90. The summed E-state index contributed by atoms with van der Waals surface area (Å²) >= 11 is 0. The molecule has 0 aliphatic carbocycles. The minimum atomic E-state index is -0.923. The number of hydrogen-bond donors (Lipinski definition) is 2. The molecule has 1 unspecified atom stereocenters. The van der Waals surface area contributed by atoms with Crippen molar-refractivity contribution < 1.29 is 15.0 Å². The smallest absolute Gasteiger partial charge is 0.335 e. The van der Waals surface area contributed by atoms with Gasteiger partial charge in [0.05, 0.1) is 11.7 Å². The van der Waals surface area contributed by atoms with Gasteiger partial charge < -0.3 is 15.1 Å². The average Bonchev–Trinajstić information content (AvgIpc) is 2.90. The lowest BCUT2D eigenvalue weighted by molar-refractivity contribution is 0.0697. The summed E-state index contributed by atoms with van der Waals surface area (Å²) in [6.07, 6.45) is 0.308. The van der Waals surface area contributed by atoms with Gasteiger partial charge in [0.1, 0.15) is 0 Å². The van der Waals surface area contributed by atoms with E-state index in [9.17, 15) is 9.90 Å². The zero-order chi connectivity index (χ0) is 14.8. The molecule has 0 fully saturated rings. The standard InChI is InChI=1S/C17H17NO3/c19-16(13-4-2-1-3-5-13)11-18-9-8-12-6-7-14(17(20)21)10-15(12)18/h1-7,10,16,19H,8-9,11H2,(H,20,21). The second kappa shape index (κ2) is 5.58. The fourth-order valence-corrected chi connectivity index (χ4v) is 2.76. The maximum absolute atomic E-state index is 11.1. The third-order valence-corrected chi connectivity index (χ3v) is 3.90. The van der Waals surface area contributed by atoms with Crippen LogP contribution in [-0.2, 0) is 6.42 Å². The van der Waals surface area contributed by atoms with Crippen LogP contribution in [0, 0.1) is 0 Å². The van der Waals surface area contributed by atoms with Crippen LogP contribution in [0.15, 0.2) is 48.5 Å². The number of rotatable bonds is 4. The SMILES string of the molecule is O=C(O)c1ccc2c(c1)N(CC(O)c1ccccc1)CC2. The molecule has 1 aliphatic rings. The van der Waals surface area contributed by atoms with Crippen LogP contribution in [0.4, 0.5) is 5.69 Å². The molecular weight excluding hydrogens is 266 g/mol. The lowest BCUT2D eigenvalue weighted by atomic mass is 10.1. The van der Waals surface area contributed by atoms with E-state index in [1.54, 1.807) is 12.1 Å². The maximum Gasteiger partial charge on any atom is 0.335 e. The fourth-order valence-electron chi connectivity index (χ4n) is 2.76. The molecule has 2 N–H and O–H groups in total. The van der Waals surface area contributed by atoms with E-state index >= 15 is 0 Å². The molecule has 4 nitrogen and oxygen atoms in total. The number of fused-ring (bicyclic) bond motifs is 1. The van der Waals surface area contributed by atoms with Gasteiger partial charge in [-0.1, -0.05) is 36.4 Å². The van der Waals surface area contributed by atoms with Crippen molar-refractivity contribution in [1.29, 1.82) is 0 Å². The number of nitrogens with zero attached hydrogens (tertiary/aromatic N) is 1. The van der Waals surface area contributed by atoms with Crippen molar-refractivity contribution in [2.45, 2.75) is 12.5 Å². The van der Waals surface area contributed by atoms with Crippen molar-refractivity contribution >= 4 is 11.7 Å². The molecular formula is C17H17NO3. The van der Waals surface area contributed by atoms with Gasteiger partial charge >= 0.3 is 5.97 Å². The summed E-state index contributed by atoms with van der Waals surface area (Å²) in [6.45, 7) is 1.28. The van der Waals surface area contributed by atoms with Gasteiger partial charge in [-0.3, -0.25) is 0 Å². The Labute approximate surface area is 123 Å². The minimum Gasteiger partial charge on any atom is -0.478 e. The van der Waals surface area contributed by atoms with Crippen LogP contribution in [0.2, 0.25) is 0 Å². The number of benzene rings is 2. The quantitative estimate of drug-likeness (QED) is 0.905. The van der Waals surface area contributed by atoms with Crippen LogP contribution >= 0.6 is 0 Å². The van der Waals surface area contributed by atoms with E-state index in [0.29, 0.717) is 6.54 Å². The second-order valence-corrected chi connectivity index (χ2v) is 5.27. The summed E-state index contributed by atoms with van der Waals surface area (Å²) < 4.78 is 0. The van der Waals surface area contributed by atoms with E-state index in [-0.39, 0.29) is 5.56 Å². The third kappa shape index (κ3) is 2.76. The van der Waals surface area contributed by atoms with Crippen LogP contribution in [0.1, 0.15) is 27.6 Å². The number of carbonyl (C=O) groups is 1. The van der Waals surface area contributed by atoms with Crippen molar-refractivity contribution in [3.05, 3.63) is 65.2 Å². The molecule has 108 valence electrons. The van der Waals surface area contributed by atoms with Gasteiger partial charge in [0.2, 0.25) is 0 Å². The molecule has 0 spiro atoms. The predicted octanol–water partition coefficient (Wildman–Crippen LogP) is 2.48. The number of carboxylic acid groups (broad SMARTS) is 1. The lowest BCUT2D eigenvalue weighted by Crippen LogP contribution is -2.26. The van der Waals surface area contributed by atoms with E-state index < -0.39 is 12.1 Å². The number of aliphatic hydroxyl groups is 1. The minimum absolute atomic E-state index is 0.287. The Kier molecular flexibility index (Phi) is 3.62. The maximum atomic E-state index is 11.1. The molecule has 2 aromatic rings. The van der Waals surface area contributed by atoms with Crippen molar-refractivity contribution in [3.8, 4) is 0 Å². The number of anilines is 1. The highest BCUT2D eigenvalue weighted by Gasteiger charge is 2.23. The van der Waals surface area contributed by atoms with Gasteiger partial charge in [0.25, 0.3) is 0 Å². The van der Waals surface area contributed by atoms with E-state index in [4.69, 9.17) is 5.11 Å². The normalized spacial score (nSPS) is 14.8. The molecule has 0 saturated heterocycles. The van der Waals surface area contributed by atoms with Crippen LogP contribution in [0.3, 0.4) is 0 Å². The Morgan fingerprint density at radius 2 is 1.95 bits per heavy atom. The molecule has 3 rings (SSSR count). The molecule has 2 aromatic carbocycles. The van der Waals surface area contributed by atoms with Crippen LogP contribution in [-0.4, -0.2) is 29.3 Å². The number of hydrogen-bond acceptors (Lipinski definition) is 3. The fraction of sp³-hybridized carbons (Fsp3) is 0.235. The highest BCUT2D eigenvalue weighted by atomic mass is 16.4. The Morgan fingerprint density at radius 1 is 1.19 bits per heavy atom. The first kappa shape index (κ1) is 13.6. The molecule has 0 amide bonds. The molecule has 1 aliphatic heterocycles. The van der Waals surface area contributed by atoms with Crippen molar-refractivity contribution in [2.75, 3.05) is 18.0 Å². The summed E-state index contributed by atoms with van der Waals surface area (Å²) in [4.78, 5) is 13.1. The molecule has 0 saturated carbocycles. The van der Waals surface area contributed by atoms with E-state index in [1.165, 1.54) is 0 Å². The molecule has 21 heavy (non-hydrogen) atoms. The Balaban J connectivity index is 1.81. The molecule has 1 atom stereocenters. The Morgan fingerprint density at radius 3 is 2.67 bits per heavy atom. The van der Waals surface area contributed by atoms with Gasteiger partial charge in [-0.2, -0.15) is 0 Å². The summed E-state index contributed by atoms with van der Waals surface area (Å²) in [5.41, 5.74) is 3.22. The summed E-state index contributed by atoms with van der Waals surface area (Å²) in [5, 5.41) is 19.4. The van der Waals surface area contributed by atoms with Gasteiger partial charge in [0.15, 0.2) is 0 Å². The highest BCUT2D eigenvalue weighted by Crippen LogP contribution is 2.30. The Bertz CT molecular complexity index is 654. The number of β-amino-alcohol motifs (C(OH)–C–C–N with tert-alkyl or cyclic N) is 1. The predicted molar refractivity (Wildman–Crippen MR) is 80.7 cm³/mol. The van der Waals surface area contributed by atoms with E-state index in [0.717, 1.165) is 29.8 Å². The highest BCUT2D eigenvalue weighted by molar-refractivity contribution is 5.89. The topological polar surface area (TPSA) is 60.8 Å². The summed E-state index contributed by atoms with van der Waals surface area (Å²) in [5.74, 6) is -0.923. The zero-order valence-electron chi connectivity index (χ0n) is 11.6. The van der Waals surface area contributed by atoms with Gasteiger partial charge in [-0.25, -0.2) is 4.79 Å². The van der Waals surface area contributed by atoms with Crippen LogP contribution in [0.25, 0.3) is 0 Å². The second-order valence-electron chi connectivity index (χ2n) is 5.27. The molecule has 4 heteroatoms. The first-order chi connectivity index (χ1) is 10.1. The first-order valence-corrected chi connectivity index (χ1v) is 6.99. The Hall–Kier alpha value is -2.33. The zero-order valence-corrected chi connectivity index (χ0v) is 11.6. The van der Waals surface area contributed by atoms with Gasteiger partial charge in [0, 0.05) is 18.8 Å². The van der Waals surface area contributed by atoms with E-state index in [1.807, 2.05) is 36.4 Å². The summed E-state index contributed by atoms with van der Waals surface area (Å²) in [6, 6.07) is 14.7. The number of aromatic carboxylic acids is 1. The van der Waals surface area contributed by atoms with Crippen molar-refractivity contribution in [2.24, 2.45) is 0 Å². The van der Waals surface area contributed by atoms with Crippen molar-refractivity contribution in [1.82, 2.24) is 0 Å². The number of carboxylic acids is 1. The largest absolute Gasteiger partial charge is 0.478 e. The average molecular weight is 283 g/mol. The first-order valence-electron chi connectivity index (χ1n) is 6.99. The van der Waals surface area contributed by atoms with E-state index in [2.05, 4.69) is 4.90 Å². The summed E-state index contributed by atoms with van der Waals surface area (Å²) in [7, 11) is 0. The molecule has 1 heterocycles. The van der Waals surface area contributed by atoms with Crippen molar-refractivity contribution in [3.63, 3.8) is 0 Å². The van der Waals surface area contributed by atoms with Crippen LogP contribution in [0.5, 0.6) is 0 Å². The van der Waals surface area contributed by atoms with Crippen LogP contribution < -0.4 is 4.90 Å². The molecule has 0 radical (unpaired) electrons. The van der Waals surface area contributed by atoms with Gasteiger partial charge in [-0.15, -0.1) is 0 Å². The van der Waals surface area contributed by atoms with Gasteiger partial charge in [-0.05, 0) is 29.7 Å². The molecule has 0 bridgehead atoms. The lowest BCUT2D eigenvalue weighted by Gasteiger charge is -2.23.